The van der Waals surface area contributed by atoms with Crippen LogP contribution in [0.5, 0.6) is 0 Å². The van der Waals surface area contributed by atoms with Crippen molar-refractivity contribution in [2.75, 3.05) is 30.9 Å². The third-order valence-electron chi connectivity index (χ3n) is 2.63. The SMILES string of the molecule is COCCC1CNc2cc(Cl)c(F)cc2N1. The van der Waals surface area contributed by atoms with Crippen LogP contribution >= 0.6 is 11.6 Å². The summed E-state index contributed by atoms with van der Waals surface area (Å²) in [6, 6.07) is 3.28. The summed E-state index contributed by atoms with van der Waals surface area (Å²) in [5.74, 6) is -0.401. The maximum Gasteiger partial charge on any atom is 0.143 e. The number of hydrogen-bond acceptors (Lipinski definition) is 3. The van der Waals surface area contributed by atoms with E-state index in [9.17, 15) is 4.39 Å². The van der Waals surface area contributed by atoms with Crippen molar-refractivity contribution in [1.82, 2.24) is 0 Å². The van der Waals surface area contributed by atoms with E-state index in [1.807, 2.05) is 0 Å². The Bertz CT molecular complexity index is 386. The molecule has 1 aliphatic heterocycles. The number of ether oxygens (including phenoxy) is 1. The van der Waals surface area contributed by atoms with Gasteiger partial charge in [-0.2, -0.15) is 0 Å². The van der Waals surface area contributed by atoms with Crippen LogP contribution in [0.2, 0.25) is 5.02 Å². The van der Waals surface area contributed by atoms with E-state index in [-0.39, 0.29) is 11.1 Å². The lowest BCUT2D eigenvalue weighted by molar-refractivity contribution is 0.190. The van der Waals surface area contributed by atoms with Crippen LogP contribution in [0.3, 0.4) is 0 Å². The van der Waals surface area contributed by atoms with Gasteiger partial charge in [-0.15, -0.1) is 0 Å². The lowest BCUT2D eigenvalue weighted by Gasteiger charge is -2.28. The van der Waals surface area contributed by atoms with Gasteiger partial charge in [-0.25, -0.2) is 4.39 Å². The number of hydrogen-bond donors (Lipinski definition) is 2. The van der Waals surface area contributed by atoms with Crippen LogP contribution < -0.4 is 10.6 Å². The van der Waals surface area contributed by atoms with Gasteiger partial charge in [-0.1, -0.05) is 11.6 Å². The fourth-order valence-corrected chi connectivity index (χ4v) is 1.91. The van der Waals surface area contributed by atoms with Crippen LogP contribution in [0, 0.1) is 5.82 Å². The molecule has 1 unspecified atom stereocenters. The molecule has 2 rings (SSSR count). The first kappa shape index (κ1) is 11.5. The van der Waals surface area contributed by atoms with Crippen molar-refractivity contribution in [2.24, 2.45) is 0 Å². The highest BCUT2D eigenvalue weighted by atomic mass is 35.5. The summed E-state index contributed by atoms with van der Waals surface area (Å²) in [6.07, 6.45) is 0.882. The average molecular weight is 245 g/mol. The third-order valence-corrected chi connectivity index (χ3v) is 2.92. The van der Waals surface area contributed by atoms with Crippen molar-refractivity contribution < 1.29 is 9.13 Å². The van der Waals surface area contributed by atoms with E-state index in [1.54, 1.807) is 13.2 Å². The van der Waals surface area contributed by atoms with Gasteiger partial charge < -0.3 is 15.4 Å². The Labute approximate surface area is 98.9 Å². The summed E-state index contributed by atoms with van der Waals surface area (Å²) >= 11 is 5.70. The molecular weight excluding hydrogens is 231 g/mol. The van der Waals surface area contributed by atoms with Crippen molar-refractivity contribution in [2.45, 2.75) is 12.5 Å². The predicted octanol–water partition coefficient (Wildman–Crippen LogP) is 2.72. The van der Waals surface area contributed by atoms with Crippen molar-refractivity contribution in [3.8, 4) is 0 Å². The molecule has 0 saturated heterocycles. The van der Waals surface area contributed by atoms with Gasteiger partial charge in [0.1, 0.15) is 5.82 Å². The summed E-state index contributed by atoms with van der Waals surface area (Å²) in [5, 5.41) is 6.62. The smallest absolute Gasteiger partial charge is 0.143 e. The highest BCUT2D eigenvalue weighted by Crippen LogP contribution is 2.31. The molecule has 1 aromatic carbocycles. The van der Waals surface area contributed by atoms with E-state index in [0.717, 1.165) is 24.3 Å². The molecule has 0 aromatic heterocycles. The molecule has 1 heterocycles. The second-order valence-electron chi connectivity index (χ2n) is 3.82. The Balaban J connectivity index is 2.11. The molecule has 5 heteroatoms. The maximum atomic E-state index is 13.3. The van der Waals surface area contributed by atoms with Gasteiger partial charge in [0.05, 0.1) is 16.4 Å². The predicted molar refractivity (Wildman–Crippen MR) is 63.8 cm³/mol. The number of nitrogens with one attached hydrogen (secondary N) is 2. The Morgan fingerprint density at radius 3 is 3.06 bits per heavy atom. The molecule has 2 N–H and O–H groups in total. The highest BCUT2D eigenvalue weighted by molar-refractivity contribution is 6.31. The second kappa shape index (κ2) is 4.89. The molecule has 16 heavy (non-hydrogen) atoms. The van der Waals surface area contributed by atoms with E-state index >= 15 is 0 Å². The summed E-state index contributed by atoms with van der Waals surface area (Å²) in [6.45, 7) is 1.48. The van der Waals surface area contributed by atoms with Crippen LogP contribution in [0.4, 0.5) is 15.8 Å². The molecule has 0 amide bonds. The average Bonchev–Trinajstić information content (AvgIpc) is 2.28. The molecule has 0 fully saturated rings. The van der Waals surface area contributed by atoms with Crippen molar-refractivity contribution >= 4 is 23.0 Å². The van der Waals surface area contributed by atoms with E-state index in [1.165, 1.54) is 6.07 Å². The molecule has 3 nitrogen and oxygen atoms in total. The Hall–Kier alpha value is -1.00. The zero-order valence-corrected chi connectivity index (χ0v) is 9.77. The monoisotopic (exact) mass is 244 g/mol. The van der Waals surface area contributed by atoms with Crippen molar-refractivity contribution in [3.63, 3.8) is 0 Å². The fraction of sp³-hybridized carbons (Fsp3) is 0.455. The quantitative estimate of drug-likeness (QED) is 0.858. The number of methoxy groups -OCH3 is 1. The topological polar surface area (TPSA) is 33.3 Å². The minimum Gasteiger partial charge on any atom is -0.385 e. The zero-order chi connectivity index (χ0) is 11.5. The van der Waals surface area contributed by atoms with E-state index in [4.69, 9.17) is 16.3 Å². The van der Waals surface area contributed by atoms with Gasteiger partial charge in [0.2, 0.25) is 0 Å². The molecule has 0 bridgehead atoms. The van der Waals surface area contributed by atoms with E-state index < -0.39 is 5.82 Å². The maximum absolute atomic E-state index is 13.3. The summed E-state index contributed by atoms with van der Waals surface area (Å²) in [7, 11) is 1.67. The molecule has 0 radical (unpaired) electrons. The van der Waals surface area contributed by atoms with Gasteiger partial charge in [-0.05, 0) is 12.5 Å². The largest absolute Gasteiger partial charge is 0.385 e. The van der Waals surface area contributed by atoms with Crippen LogP contribution in [0.15, 0.2) is 12.1 Å². The molecule has 88 valence electrons. The van der Waals surface area contributed by atoms with Gasteiger partial charge >= 0.3 is 0 Å². The van der Waals surface area contributed by atoms with Crippen molar-refractivity contribution in [3.05, 3.63) is 23.0 Å². The number of halogens is 2. The minimum absolute atomic E-state index is 0.142. The van der Waals surface area contributed by atoms with Crippen molar-refractivity contribution in [1.29, 1.82) is 0 Å². The normalized spacial score (nSPS) is 18.6. The minimum atomic E-state index is -0.401. The van der Waals surface area contributed by atoms with Gasteiger partial charge in [0.15, 0.2) is 0 Å². The molecule has 0 saturated carbocycles. The molecule has 1 aliphatic rings. The lowest BCUT2D eigenvalue weighted by atomic mass is 10.1. The number of anilines is 2. The second-order valence-corrected chi connectivity index (χ2v) is 4.22. The first-order valence-electron chi connectivity index (χ1n) is 5.19. The van der Waals surface area contributed by atoms with Crippen LogP contribution in [0.25, 0.3) is 0 Å². The molecule has 1 aromatic rings. The highest BCUT2D eigenvalue weighted by Gasteiger charge is 2.18. The number of fused-ring (bicyclic) bond motifs is 1. The van der Waals surface area contributed by atoms with E-state index in [0.29, 0.717) is 6.61 Å². The number of rotatable bonds is 3. The first-order chi connectivity index (χ1) is 7.70. The summed E-state index contributed by atoms with van der Waals surface area (Å²) in [4.78, 5) is 0. The van der Waals surface area contributed by atoms with Gasteiger partial charge in [0, 0.05) is 32.4 Å². The molecule has 0 spiro atoms. The molecule has 0 aliphatic carbocycles. The molecule has 1 atom stereocenters. The zero-order valence-electron chi connectivity index (χ0n) is 9.02. The van der Waals surface area contributed by atoms with Gasteiger partial charge in [-0.3, -0.25) is 0 Å². The lowest BCUT2D eigenvalue weighted by Crippen LogP contribution is -2.33. The van der Waals surface area contributed by atoms with Gasteiger partial charge in [0.25, 0.3) is 0 Å². The fourth-order valence-electron chi connectivity index (χ4n) is 1.75. The van der Waals surface area contributed by atoms with E-state index in [2.05, 4.69) is 10.6 Å². The Morgan fingerprint density at radius 1 is 1.50 bits per heavy atom. The molecular formula is C11H14ClFN2O. The number of benzene rings is 1. The first-order valence-corrected chi connectivity index (χ1v) is 5.57. The Kier molecular flexibility index (Phi) is 3.51. The standard InChI is InChI=1S/C11H14ClFN2O/c1-16-3-2-7-6-14-10-4-8(12)9(13)5-11(10)15-7/h4-5,7,14-15H,2-3,6H2,1H3. The van der Waals surface area contributed by atoms with Crippen LogP contribution in [-0.2, 0) is 4.74 Å². The Morgan fingerprint density at radius 2 is 2.31 bits per heavy atom. The third kappa shape index (κ3) is 2.39. The van der Waals surface area contributed by atoms with Crippen LogP contribution in [0.1, 0.15) is 6.42 Å². The summed E-state index contributed by atoms with van der Waals surface area (Å²) in [5.41, 5.74) is 1.61. The summed E-state index contributed by atoms with van der Waals surface area (Å²) < 4.78 is 18.3. The van der Waals surface area contributed by atoms with Crippen LogP contribution in [-0.4, -0.2) is 26.3 Å².